The summed E-state index contributed by atoms with van der Waals surface area (Å²) in [6.07, 6.45) is 15.9. The predicted molar refractivity (Wildman–Crippen MR) is 130 cm³/mol. The number of unbranched alkanes of at least 4 members (excludes halogenated alkanes) is 11. The second-order valence-electron chi connectivity index (χ2n) is 8.97. The quantitative estimate of drug-likeness (QED) is 0.108. The van der Waals surface area contributed by atoms with E-state index in [-0.39, 0.29) is 18.5 Å². The monoisotopic (exact) mass is 461 g/mol. The van der Waals surface area contributed by atoms with E-state index < -0.39 is 12.1 Å². The number of likely N-dealkylation sites (N-methyl/N-ethyl adjacent to an activating group) is 1. The molecule has 0 aliphatic heterocycles. The van der Waals surface area contributed by atoms with E-state index in [9.17, 15) is 9.59 Å². The van der Waals surface area contributed by atoms with Crippen LogP contribution in [0.15, 0.2) is 0 Å². The molecular weight excluding hydrogens is 414 g/mol. The molecule has 0 rings (SSSR count). The SMILES string of the molecule is CCCCCCCCCCCCCCOC(=O)[C@H](CC(C)C)N(C)C(=O)OCCCCl. The van der Waals surface area contributed by atoms with Crippen molar-refractivity contribution in [3.8, 4) is 0 Å². The molecule has 0 saturated heterocycles. The first-order chi connectivity index (χ1) is 14.9. The summed E-state index contributed by atoms with van der Waals surface area (Å²) in [5, 5.41) is 0. The lowest BCUT2D eigenvalue weighted by atomic mass is 10.0. The summed E-state index contributed by atoms with van der Waals surface area (Å²) >= 11 is 5.61. The van der Waals surface area contributed by atoms with Gasteiger partial charge in [-0.2, -0.15) is 0 Å². The van der Waals surface area contributed by atoms with Crippen molar-refractivity contribution >= 4 is 23.7 Å². The van der Waals surface area contributed by atoms with Crippen LogP contribution in [0.1, 0.15) is 111 Å². The molecule has 0 aliphatic rings. The number of halogens is 1. The fourth-order valence-electron chi connectivity index (χ4n) is 3.51. The van der Waals surface area contributed by atoms with Crippen LogP contribution in [0.25, 0.3) is 0 Å². The summed E-state index contributed by atoms with van der Waals surface area (Å²) in [6, 6.07) is -0.610. The summed E-state index contributed by atoms with van der Waals surface area (Å²) in [7, 11) is 1.60. The molecule has 0 bridgehead atoms. The van der Waals surface area contributed by atoms with E-state index in [0.29, 0.717) is 25.3 Å². The first-order valence-corrected chi connectivity index (χ1v) is 13.1. The van der Waals surface area contributed by atoms with Gasteiger partial charge >= 0.3 is 12.1 Å². The van der Waals surface area contributed by atoms with Crippen LogP contribution in [0.4, 0.5) is 4.79 Å². The maximum atomic E-state index is 12.6. The zero-order valence-electron chi connectivity index (χ0n) is 20.6. The van der Waals surface area contributed by atoms with E-state index in [4.69, 9.17) is 21.1 Å². The zero-order chi connectivity index (χ0) is 23.3. The maximum absolute atomic E-state index is 12.6. The Morgan fingerprint density at radius 2 is 1.26 bits per heavy atom. The van der Waals surface area contributed by atoms with E-state index in [1.807, 2.05) is 13.8 Å². The summed E-state index contributed by atoms with van der Waals surface area (Å²) in [6.45, 7) is 6.98. The van der Waals surface area contributed by atoms with Crippen LogP contribution in [0.3, 0.4) is 0 Å². The van der Waals surface area contributed by atoms with Crippen LogP contribution < -0.4 is 0 Å². The molecule has 1 atom stereocenters. The van der Waals surface area contributed by atoms with Gasteiger partial charge in [-0.05, 0) is 25.2 Å². The first-order valence-electron chi connectivity index (χ1n) is 12.6. The van der Waals surface area contributed by atoms with Crippen LogP contribution in [0, 0.1) is 5.92 Å². The number of hydrogen-bond acceptors (Lipinski definition) is 4. The van der Waals surface area contributed by atoms with E-state index in [1.165, 1.54) is 69.1 Å². The minimum absolute atomic E-state index is 0.259. The van der Waals surface area contributed by atoms with Crippen LogP contribution in [0.2, 0.25) is 0 Å². The lowest BCUT2D eigenvalue weighted by molar-refractivity contribution is -0.149. The number of amides is 1. The molecule has 0 fully saturated rings. The van der Waals surface area contributed by atoms with Gasteiger partial charge in [0.1, 0.15) is 6.04 Å². The van der Waals surface area contributed by atoms with Crippen LogP contribution in [0.5, 0.6) is 0 Å². The highest BCUT2D eigenvalue weighted by atomic mass is 35.5. The number of nitrogens with zero attached hydrogens (tertiary/aromatic N) is 1. The Balaban J connectivity index is 3.96. The molecule has 0 aliphatic carbocycles. The molecule has 0 saturated carbocycles. The third-order valence-electron chi connectivity index (χ3n) is 5.47. The zero-order valence-corrected chi connectivity index (χ0v) is 21.4. The average molecular weight is 462 g/mol. The topological polar surface area (TPSA) is 55.8 Å². The minimum atomic E-state index is -0.610. The van der Waals surface area contributed by atoms with Gasteiger partial charge in [0.25, 0.3) is 0 Å². The van der Waals surface area contributed by atoms with Gasteiger partial charge < -0.3 is 9.47 Å². The van der Waals surface area contributed by atoms with Crippen molar-refractivity contribution in [1.82, 2.24) is 4.90 Å². The van der Waals surface area contributed by atoms with Crippen molar-refractivity contribution in [2.45, 2.75) is 117 Å². The Morgan fingerprint density at radius 3 is 1.74 bits per heavy atom. The number of rotatable bonds is 20. The highest BCUT2D eigenvalue weighted by molar-refractivity contribution is 6.17. The van der Waals surface area contributed by atoms with Crippen molar-refractivity contribution in [1.29, 1.82) is 0 Å². The standard InChI is InChI=1S/C25H48ClNO4/c1-5-6-7-8-9-10-11-12-13-14-15-16-19-30-24(28)23(21-22(2)3)27(4)25(29)31-20-17-18-26/h22-23H,5-21H2,1-4H3/t23-/m0/s1. The summed E-state index contributed by atoms with van der Waals surface area (Å²) in [5.74, 6) is 0.365. The average Bonchev–Trinajstić information content (AvgIpc) is 2.74. The molecule has 0 radical (unpaired) electrons. The van der Waals surface area contributed by atoms with E-state index in [2.05, 4.69) is 6.92 Å². The number of carbonyl (C=O) groups is 2. The largest absolute Gasteiger partial charge is 0.464 e. The molecule has 184 valence electrons. The summed E-state index contributed by atoms with van der Waals surface area (Å²) in [5.41, 5.74) is 0. The molecule has 0 aromatic heterocycles. The maximum Gasteiger partial charge on any atom is 0.410 e. The van der Waals surface area contributed by atoms with E-state index >= 15 is 0 Å². The lowest BCUT2D eigenvalue weighted by Crippen LogP contribution is -2.44. The molecule has 0 unspecified atom stereocenters. The molecule has 1 amide bonds. The van der Waals surface area contributed by atoms with Crippen molar-refractivity contribution in [3.63, 3.8) is 0 Å². The van der Waals surface area contributed by atoms with Gasteiger partial charge in [0, 0.05) is 12.9 Å². The molecule has 6 heteroatoms. The second-order valence-corrected chi connectivity index (χ2v) is 9.35. The second kappa shape index (κ2) is 20.9. The highest BCUT2D eigenvalue weighted by Gasteiger charge is 2.29. The number of alkyl halides is 1. The molecule has 5 nitrogen and oxygen atoms in total. The Labute approximate surface area is 196 Å². The highest BCUT2D eigenvalue weighted by Crippen LogP contribution is 2.15. The Bertz CT molecular complexity index is 445. The number of esters is 1. The molecule has 0 heterocycles. The molecule has 0 N–H and O–H groups in total. The smallest absolute Gasteiger partial charge is 0.410 e. The van der Waals surface area contributed by atoms with E-state index in [1.54, 1.807) is 7.05 Å². The van der Waals surface area contributed by atoms with Gasteiger partial charge in [-0.1, -0.05) is 91.4 Å². The fraction of sp³-hybridized carbons (Fsp3) is 0.920. The predicted octanol–water partition coefficient (Wildman–Crippen LogP) is 7.34. The molecular formula is C25H48ClNO4. The minimum Gasteiger partial charge on any atom is -0.464 e. The van der Waals surface area contributed by atoms with Gasteiger partial charge in [-0.25, -0.2) is 9.59 Å². The van der Waals surface area contributed by atoms with Gasteiger partial charge in [0.2, 0.25) is 0 Å². The van der Waals surface area contributed by atoms with Crippen molar-refractivity contribution in [2.24, 2.45) is 5.92 Å². The van der Waals surface area contributed by atoms with Gasteiger partial charge in [-0.15, -0.1) is 11.6 Å². The van der Waals surface area contributed by atoms with Gasteiger partial charge in [0.15, 0.2) is 0 Å². The number of carbonyl (C=O) groups excluding carboxylic acids is 2. The van der Waals surface area contributed by atoms with E-state index in [0.717, 1.165) is 12.8 Å². The Hall–Kier alpha value is -0.970. The normalized spacial score (nSPS) is 12.1. The number of ether oxygens (including phenoxy) is 2. The Kier molecular flexibility index (Phi) is 20.3. The fourth-order valence-corrected chi connectivity index (χ4v) is 3.62. The van der Waals surface area contributed by atoms with Crippen LogP contribution in [-0.4, -0.2) is 49.1 Å². The van der Waals surface area contributed by atoms with Crippen molar-refractivity contribution < 1.29 is 19.1 Å². The first kappa shape index (κ1) is 30.0. The summed E-state index contributed by atoms with van der Waals surface area (Å²) in [4.78, 5) is 26.1. The molecule has 0 spiro atoms. The molecule has 0 aromatic rings. The molecule has 31 heavy (non-hydrogen) atoms. The van der Waals surface area contributed by atoms with Crippen molar-refractivity contribution in [2.75, 3.05) is 26.1 Å². The van der Waals surface area contributed by atoms with Crippen molar-refractivity contribution in [3.05, 3.63) is 0 Å². The van der Waals surface area contributed by atoms with Gasteiger partial charge in [0.05, 0.1) is 13.2 Å². The number of hydrogen-bond donors (Lipinski definition) is 0. The van der Waals surface area contributed by atoms with Crippen LogP contribution in [-0.2, 0) is 14.3 Å². The third-order valence-corrected chi connectivity index (χ3v) is 5.74. The third kappa shape index (κ3) is 17.3. The summed E-state index contributed by atoms with van der Waals surface area (Å²) < 4.78 is 10.7. The lowest BCUT2D eigenvalue weighted by Gasteiger charge is -2.27. The Morgan fingerprint density at radius 1 is 0.774 bits per heavy atom. The van der Waals surface area contributed by atoms with Crippen LogP contribution >= 0.6 is 11.6 Å². The van der Waals surface area contributed by atoms with Gasteiger partial charge in [-0.3, -0.25) is 4.90 Å². The molecule has 0 aromatic carbocycles.